The normalized spacial score (nSPS) is 10.9. The van der Waals surface area contributed by atoms with Crippen LogP contribution in [-0.2, 0) is 0 Å². The summed E-state index contributed by atoms with van der Waals surface area (Å²) in [7, 11) is 0. The van der Waals surface area contributed by atoms with E-state index in [4.69, 9.17) is 0 Å². The number of anilines is 2. The molecule has 0 saturated carbocycles. The number of aryl methyl sites for hydroxylation is 1. The van der Waals surface area contributed by atoms with Crippen molar-refractivity contribution in [2.45, 2.75) is 13.8 Å². The topological polar surface area (TPSA) is 85.6 Å². The summed E-state index contributed by atoms with van der Waals surface area (Å²) in [6.45, 7) is 3.18. The van der Waals surface area contributed by atoms with E-state index in [9.17, 15) is 9.18 Å². The van der Waals surface area contributed by atoms with Crippen molar-refractivity contribution >= 4 is 28.3 Å². The third-order valence-corrected chi connectivity index (χ3v) is 4.08. The maximum absolute atomic E-state index is 14.0. The Morgan fingerprint density at radius 3 is 2.67 bits per heavy atom. The van der Waals surface area contributed by atoms with Gasteiger partial charge in [0.2, 0.25) is 5.95 Å². The van der Waals surface area contributed by atoms with E-state index in [1.54, 1.807) is 17.0 Å². The molecule has 3 heterocycles. The fourth-order valence-corrected chi connectivity index (χ4v) is 2.71. The first kappa shape index (κ1) is 16.8. The van der Waals surface area contributed by atoms with Gasteiger partial charge in [0.25, 0.3) is 0 Å². The van der Waals surface area contributed by atoms with Gasteiger partial charge in [0.1, 0.15) is 12.1 Å². The van der Waals surface area contributed by atoms with Gasteiger partial charge >= 0.3 is 0 Å². The minimum absolute atomic E-state index is 0.0335. The second kappa shape index (κ2) is 6.56. The van der Waals surface area contributed by atoms with E-state index in [0.29, 0.717) is 17.2 Å². The third-order valence-electron chi connectivity index (χ3n) is 4.08. The van der Waals surface area contributed by atoms with Crippen LogP contribution in [0.25, 0.3) is 16.9 Å². The van der Waals surface area contributed by atoms with Gasteiger partial charge < -0.3 is 5.32 Å². The number of ketones is 1. The summed E-state index contributed by atoms with van der Waals surface area (Å²) in [4.78, 5) is 19.6. The molecule has 0 fully saturated rings. The highest BCUT2D eigenvalue weighted by Crippen LogP contribution is 2.23. The molecule has 7 nitrogen and oxygen atoms in total. The van der Waals surface area contributed by atoms with Crippen LogP contribution in [0.4, 0.5) is 15.9 Å². The molecule has 27 heavy (non-hydrogen) atoms. The number of nitrogens with one attached hydrogen (secondary N) is 1. The highest BCUT2D eigenvalue weighted by Gasteiger charge is 2.12. The molecule has 0 aliphatic carbocycles. The molecule has 8 heteroatoms. The number of Topliss-reactive ketones (excluding diaryl/α,β-unsaturated/α-hetero) is 1. The molecule has 0 amide bonds. The van der Waals surface area contributed by atoms with Gasteiger partial charge in [0.15, 0.2) is 11.6 Å². The number of hydrogen-bond acceptors (Lipinski definition) is 6. The number of rotatable bonds is 4. The van der Waals surface area contributed by atoms with Crippen molar-refractivity contribution in [1.29, 1.82) is 0 Å². The van der Waals surface area contributed by atoms with E-state index in [1.807, 2.05) is 37.3 Å². The minimum Gasteiger partial charge on any atom is -0.339 e. The summed E-state index contributed by atoms with van der Waals surface area (Å²) in [6, 6.07) is 12.3. The van der Waals surface area contributed by atoms with Gasteiger partial charge in [-0.2, -0.15) is 9.49 Å². The lowest BCUT2D eigenvalue weighted by Crippen LogP contribution is -2.04. The van der Waals surface area contributed by atoms with Gasteiger partial charge in [-0.1, -0.05) is 0 Å². The van der Waals surface area contributed by atoms with E-state index in [2.05, 4.69) is 25.5 Å². The van der Waals surface area contributed by atoms with Crippen molar-refractivity contribution in [2.75, 3.05) is 5.32 Å². The van der Waals surface area contributed by atoms with Crippen molar-refractivity contribution in [2.24, 2.45) is 0 Å². The van der Waals surface area contributed by atoms with Crippen LogP contribution < -0.4 is 5.32 Å². The number of carbonyl (C=O) groups is 1. The molecule has 4 rings (SSSR count). The molecule has 0 radical (unpaired) electrons. The molecule has 0 aliphatic rings. The zero-order valence-corrected chi connectivity index (χ0v) is 14.6. The number of fused-ring (bicyclic) bond motifs is 1. The number of imidazole rings is 1. The van der Waals surface area contributed by atoms with Gasteiger partial charge in [-0.05, 0) is 56.3 Å². The van der Waals surface area contributed by atoms with Crippen LogP contribution in [0.2, 0.25) is 0 Å². The van der Waals surface area contributed by atoms with Gasteiger partial charge in [-0.15, -0.1) is 5.10 Å². The number of aromatic nitrogens is 5. The second-order valence-electron chi connectivity index (χ2n) is 6.07. The predicted molar refractivity (Wildman–Crippen MR) is 98.9 cm³/mol. The third kappa shape index (κ3) is 3.24. The lowest BCUT2D eigenvalue weighted by molar-refractivity contribution is 0.101. The van der Waals surface area contributed by atoms with E-state index < -0.39 is 5.95 Å². The van der Waals surface area contributed by atoms with Crippen molar-refractivity contribution in [1.82, 2.24) is 24.7 Å². The van der Waals surface area contributed by atoms with Crippen LogP contribution in [0.5, 0.6) is 0 Å². The zero-order chi connectivity index (χ0) is 19.0. The monoisotopic (exact) mass is 362 g/mol. The fraction of sp³-hybridized carbons (Fsp3) is 0.105. The molecule has 1 aromatic carbocycles. The van der Waals surface area contributed by atoms with Crippen LogP contribution in [0, 0.1) is 12.9 Å². The smallest absolute Gasteiger partial charge is 0.225 e. The lowest BCUT2D eigenvalue weighted by Gasteiger charge is -2.07. The number of benzene rings is 1. The highest BCUT2D eigenvalue weighted by atomic mass is 19.1. The Bertz CT molecular complexity index is 1150. The second-order valence-corrected chi connectivity index (χ2v) is 6.07. The van der Waals surface area contributed by atoms with Gasteiger partial charge in [0, 0.05) is 5.69 Å². The molecule has 4 aromatic rings. The molecule has 0 bridgehead atoms. The van der Waals surface area contributed by atoms with Crippen LogP contribution in [0.1, 0.15) is 23.0 Å². The molecule has 3 aromatic heterocycles. The Balaban J connectivity index is 1.67. The summed E-state index contributed by atoms with van der Waals surface area (Å²) >= 11 is 0. The Morgan fingerprint density at radius 1 is 1.11 bits per heavy atom. The van der Waals surface area contributed by atoms with Crippen LogP contribution in [0.3, 0.4) is 0 Å². The van der Waals surface area contributed by atoms with Crippen molar-refractivity contribution < 1.29 is 9.18 Å². The SMILES string of the molecule is CC(=O)c1ccc(-n2cnc3cc(Nc4ccc(C)nn4)ccc32)nc1F. The van der Waals surface area contributed by atoms with Crippen molar-refractivity contribution in [3.8, 4) is 5.82 Å². The van der Waals surface area contributed by atoms with Gasteiger partial charge in [-0.25, -0.2) is 9.97 Å². The molecular weight excluding hydrogens is 347 g/mol. The van der Waals surface area contributed by atoms with E-state index in [1.165, 1.54) is 13.0 Å². The summed E-state index contributed by atoms with van der Waals surface area (Å²) < 4.78 is 15.7. The zero-order valence-electron chi connectivity index (χ0n) is 14.6. The first-order valence-corrected chi connectivity index (χ1v) is 8.23. The summed E-state index contributed by atoms with van der Waals surface area (Å²) in [5.41, 5.74) is 3.08. The number of pyridine rings is 1. The first-order valence-electron chi connectivity index (χ1n) is 8.23. The quantitative estimate of drug-likeness (QED) is 0.441. The van der Waals surface area contributed by atoms with E-state index in [0.717, 1.165) is 16.9 Å². The van der Waals surface area contributed by atoms with Crippen LogP contribution in [-0.4, -0.2) is 30.5 Å². The maximum Gasteiger partial charge on any atom is 0.225 e. The van der Waals surface area contributed by atoms with E-state index >= 15 is 0 Å². The molecule has 0 atom stereocenters. The Labute approximate surface area is 153 Å². The van der Waals surface area contributed by atoms with Gasteiger partial charge in [-0.3, -0.25) is 9.36 Å². The van der Waals surface area contributed by atoms with Crippen molar-refractivity contribution in [3.05, 3.63) is 66.0 Å². The molecular formula is C19H15FN6O. The Morgan fingerprint density at radius 2 is 1.96 bits per heavy atom. The summed E-state index contributed by atoms with van der Waals surface area (Å²) in [5.74, 6) is -0.178. The van der Waals surface area contributed by atoms with Crippen LogP contribution in [0.15, 0.2) is 48.8 Å². The van der Waals surface area contributed by atoms with Crippen molar-refractivity contribution in [3.63, 3.8) is 0 Å². The standard InChI is InChI=1S/C19H15FN6O/c1-11-3-7-17(25-24-11)22-13-4-6-16-15(9-13)21-10-26(16)18-8-5-14(12(2)27)19(20)23-18/h3-10H,1-2H3,(H,22,25). The molecule has 1 N–H and O–H groups in total. The number of nitrogens with zero attached hydrogens (tertiary/aromatic N) is 5. The Kier molecular flexibility index (Phi) is 4.08. The fourth-order valence-electron chi connectivity index (χ4n) is 2.71. The highest BCUT2D eigenvalue weighted by molar-refractivity contribution is 5.94. The van der Waals surface area contributed by atoms with Crippen LogP contribution >= 0.6 is 0 Å². The number of halogens is 1. The lowest BCUT2D eigenvalue weighted by atomic mass is 10.2. The molecule has 0 unspecified atom stereocenters. The molecule has 0 saturated heterocycles. The van der Waals surface area contributed by atoms with E-state index in [-0.39, 0.29) is 11.3 Å². The summed E-state index contributed by atoms with van der Waals surface area (Å²) in [6.07, 6.45) is 1.56. The molecule has 0 spiro atoms. The number of hydrogen-bond donors (Lipinski definition) is 1. The maximum atomic E-state index is 14.0. The number of carbonyl (C=O) groups excluding carboxylic acids is 1. The molecule has 134 valence electrons. The average molecular weight is 362 g/mol. The first-order chi connectivity index (χ1) is 13.0. The summed E-state index contributed by atoms with van der Waals surface area (Å²) in [5, 5.41) is 11.2. The molecule has 0 aliphatic heterocycles. The predicted octanol–water partition coefficient (Wildman–Crippen LogP) is 3.60. The largest absolute Gasteiger partial charge is 0.339 e. The van der Waals surface area contributed by atoms with Gasteiger partial charge in [0.05, 0.1) is 22.3 Å². The Hall–Kier alpha value is -3.68. The minimum atomic E-state index is -0.793. The average Bonchev–Trinajstić information content (AvgIpc) is 3.06.